The average Bonchev–Trinajstić information content (AvgIpc) is 3.50. The fourth-order valence-electron chi connectivity index (χ4n) is 4.89. The summed E-state index contributed by atoms with van der Waals surface area (Å²) >= 11 is 0. The van der Waals surface area contributed by atoms with Crippen LogP contribution in [-0.4, -0.2) is 41.5 Å². The Kier molecular flexibility index (Phi) is 9.32. The van der Waals surface area contributed by atoms with Gasteiger partial charge in [-0.15, -0.1) is 6.58 Å². The van der Waals surface area contributed by atoms with E-state index in [0.717, 1.165) is 28.2 Å². The van der Waals surface area contributed by atoms with Gasteiger partial charge in [0, 0.05) is 16.8 Å². The SMILES string of the molecule is C=CCc1cc(/C=N\NC(=O)c2ccc(-n3c(-c4ccccc4)ccc3-c3ccccc3)cc2)cc(OC)c1OCC(=O)O. The summed E-state index contributed by atoms with van der Waals surface area (Å²) in [7, 11) is 1.46. The van der Waals surface area contributed by atoms with Crippen molar-refractivity contribution in [1.82, 2.24) is 9.99 Å². The molecule has 8 heteroatoms. The van der Waals surface area contributed by atoms with Gasteiger partial charge in [0.2, 0.25) is 0 Å². The number of carbonyl (C=O) groups is 2. The lowest BCUT2D eigenvalue weighted by Crippen LogP contribution is -2.17. The highest BCUT2D eigenvalue weighted by molar-refractivity contribution is 5.95. The van der Waals surface area contributed by atoms with Gasteiger partial charge in [-0.05, 0) is 71.6 Å². The summed E-state index contributed by atoms with van der Waals surface area (Å²) in [6.45, 7) is 3.25. The second-order valence-electron chi connectivity index (χ2n) is 9.80. The molecule has 1 aromatic heterocycles. The van der Waals surface area contributed by atoms with Crippen molar-refractivity contribution in [2.75, 3.05) is 13.7 Å². The minimum atomic E-state index is -1.10. The molecular weight excluding hydrogens is 554 g/mol. The van der Waals surface area contributed by atoms with Crippen LogP contribution in [0.4, 0.5) is 0 Å². The minimum absolute atomic E-state index is 0.324. The number of amides is 1. The van der Waals surface area contributed by atoms with E-state index in [1.54, 1.807) is 30.3 Å². The van der Waals surface area contributed by atoms with Crippen molar-refractivity contribution in [2.45, 2.75) is 6.42 Å². The van der Waals surface area contributed by atoms with Gasteiger partial charge in [0.15, 0.2) is 18.1 Å². The van der Waals surface area contributed by atoms with E-state index < -0.39 is 12.6 Å². The van der Waals surface area contributed by atoms with Gasteiger partial charge in [0.25, 0.3) is 5.91 Å². The molecule has 44 heavy (non-hydrogen) atoms. The first-order valence-electron chi connectivity index (χ1n) is 13.9. The highest BCUT2D eigenvalue weighted by atomic mass is 16.5. The molecule has 4 aromatic carbocycles. The van der Waals surface area contributed by atoms with Crippen molar-refractivity contribution in [1.29, 1.82) is 0 Å². The van der Waals surface area contributed by atoms with Crippen LogP contribution in [0, 0.1) is 0 Å². The molecule has 0 fully saturated rings. The van der Waals surface area contributed by atoms with Gasteiger partial charge in [0.1, 0.15) is 0 Å². The number of allylic oxidation sites excluding steroid dienone is 1. The van der Waals surface area contributed by atoms with Gasteiger partial charge in [-0.1, -0.05) is 66.7 Å². The molecule has 2 N–H and O–H groups in total. The number of nitrogens with zero attached hydrogens (tertiary/aromatic N) is 2. The van der Waals surface area contributed by atoms with Gasteiger partial charge >= 0.3 is 5.97 Å². The normalized spacial score (nSPS) is 10.8. The maximum Gasteiger partial charge on any atom is 0.341 e. The summed E-state index contributed by atoms with van der Waals surface area (Å²) in [5.74, 6) is -0.792. The summed E-state index contributed by atoms with van der Waals surface area (Å²) in [5.41, 5.74) is 9.49. The van der Waals surface area contributed by atoms with E-state index in [4.69, 9.17) is 14.6 Å². The molecule has 0 saturated carbocycles. The Morgan fingerprint density at radius 3 is 2.05 bits per heavy atom. The van der Waals surface area contributed by atoms with Crippen molar-refractivity contribution in [2.24, 2.45) is 5.10 Å². The van der Waals surface area contributed by atoms with Gasteiger partial charge in [-0.2, -0.15) is 5.10 Å². The average molecular weight is 586 g/mol. The second kappa shape index (κ2) is 13.8. The number of ether oxygens (including phenoxy) is 2. The number of aliphatic carboxylic acids is 1. The molecule has 1 heterocycles. The lowest BCUT2D eigenvalue weighted by Gasteiger charge is -2.15. The maximum atomic E-state index is 13.0. The molecule has 0 bridgehead atoms. The van der Waals surface area contributed by atoms with Gasteiger partial charge in [-0.3, -0.25) is 4.79 Å². The fourth-order valence-corrected chi connectivity index (χ4v) is 4.89. The lowest BCUT2D eigenvalue weighted by molar-refractivity contribution is -0.139. The minimum Gasteiger partial charge on any atom is -0.493 e. The van der Waals surface area contributed by atoms with E-state index in [-0.39, 0.29) is 5.91 Å². The van der Waals surface area contributed by atoms with E-state index in [0.29, 0.717) is 34.6 Å². The molecule has 0 aliphatic rings. The van der Waals surface area contributed by atoms with Gasteiger partial charge < -0.3 is 19.1 Å². The Bertz CT molecular complexity index is 1740. The predicted molar refractivity (Wildman–Crippen MR) is 172 cm³/mol. The van der Waals surface area contributed by atoms with Crippen LogP contribution in [0.5, 0.6) is 11.5 Å². The van der Waals surface area contributed by atoms with Crippen LogP contribution in [0.3, 0.4) is 0 Å². The van der Waals surface area contributed by atoms with Crippen LogP contribution >= 0.6 is 0 Å². The highest BCUT2D eigenvalue weighted by Crippen LogP contribution is 2.34. The molecule has 8 nitrogen and oxygen atoms in total. The third-order valence-electron chi connectivity index (χ3n) is 6.87. The topological polar surface area (TPSA) is 102 Å². The van der Waals surface area contributed by atoms with Crippen molar-refractivity contribution in [3.8, 4) is 39.7 Å². The Hall–Kier alpha value is -5.89. The summed E-state index contributed by atoms with van der Waals surface area (Å²) in [5, 5.41) is 13.1. The summed E-state index contributed by atoms with van der Waals surface area (Å²) < 4.78 is 13.0. The third kappa shape index (κ3) is 6.77. The lowest BCUT2D eigenvalue weighted by atomic mass is 10.1. The van der Waals surface area contributed by atoms with Crippen LogP contribution < -0.4 is 14.9 Å². The molecule has 5 rings (SSSR count). The van der Waals surface area contributed by atoms with Gasteiger partial charge in [-0.25, -0.2) is 10.2 Å². The third-order valence-corrected chi connectivity index (χ3v) is 6.87. The Balaban J connectivity index is 1.37. The number of carbonyl (C=O) groups excluding carboxylic acids is 1. The predicted octanol–water partition coefficient (Wildman–Crippen LogP) is 6.78. The zero-order valence-corrected chi connectivity index (χ0v) is 24.1. The molecule has 5 aromatic rings. The summed E-state index contributed by atoms with van der Waals surface area (Å²) in [6.07, 6.45) is 3.58. The Labute approximate surface area is 255 Å². The number of carboxylic acid groups (broad SMARTS) is 1. The fraction of sp³-hybridized carbons (Fsp3) is 0.0833. The number of aromatic nitrogens is 1. The van der Waals surface area contributed by atoms with Crippen LogP contribution in [-0.2, 0) is 11.2 Å². The molecule has 0 aliphatic carbocycles. The number of benzene rings is 4. The van der Waals surface area contributed by atoms with E-state index in [1.807, 2.05) is 48.5 Å². The molecule has 0 spiro atoms. The van der Waals surface area contributed by atoms with Crippen LogP contribution in [0.15, 0.2) is 127 Å². The van der Waals surface area contributed by atoms with E-state index >= 15 is 0 Å². The first kappa shape index (κ1) is 29.6. The zero-order valence-electron chi connectivity index (χ0n) is 24.1. The van der Waals surface area contributed by atoms with Crippen molar-refractivity contribution < 1.29 is 24.2 Å². The first-order chi connectivity index (χ1) is 21.5. The van der Waals surface area contributed by atoms with Gasteiger partial charge in [0.05, 0.1) is 24.7 Å². The Morgan fingerprint density at radius 2 is 1.50 bits per heavy atom. The van der Waals surface area contributed by atoms with Crippen molar-refractivity contribution in [3.63, 3.8) is 0 Å². The molecule has 0 atom stereocenters. The molecule has 0 radical (unpaired) electrons. The molecule has 0 unspecified atom stereocenters. The first-order valence-corrected chi connectivity index (χ1v) is 13.9. The number of rotatable bonds is 12. The number of hydrogen-bond donors (Lipinski definition) is 2. The van der Waals surface area contributed by atoms with Crippen molar-refractivity contribution in [3.05, 3.63) is 139 Å². The summed E-state index contributed by atoms with van der Waals surface area (Å²) in [6, 6.07) is 35.4. The second-order valence-corrected chi connectivity index (χ2v) is 9.80. The molecule has 0 aliphatic heterocycles. The quantitative estimate of drug-likeness (QED) is 0.0955. The Morgan fingerprint density at radius 1 is 0.886 bits per heavy atom. The molecular formula is C36H31N3O5. The van der Waals surface area contributed by atoms with Crippen LogP contribution in [0.25, 0.3) is 28.2 Å². The molecule has 1 amide bonds. The number of hydrogen-bond acceptors (Lipinski definition) is 5. The molecule has 220 valence electrons. The van der Waals surface area contributed by atoms with Crippen LogP contribution in [0.2, 0.25) is 0 Å². The molecule has 0 saturated heterocycles. The number of carboxylic acids is 1. The van der Waals surface area contributed by atoms with E-state index in [1.165, 1.54) is 13.3 Å². The number of methoxy groups -OCH3 is 1. The largest absolute Gasteiger partial charge is 0.493 e. The van der Waals surface area contributed by atoms with Crippen molar-refractivity contribution >= 4 is 18.1 Å². The smallest absolute Gasteiger partial charge is 0.341 e. The number of hydrazone groups is 1. The van der Waals surface area contributed by atoms with E-state index in [2.05, 4.69) is 58.1 Å². The monoisotopic (exact) mass is 585 g/mol. The highest BCUT2D eigenvalue weighted by Gasteiger charge is 2.16. The standard InChI is InChI=1S/C36H31N3O5/c1-3-10-29-21-25(22-33(43-2)35(29)44-24-34(40)41)23-37-38-36(42)28-15-17-30(18-16-28)39-31(26-11-6-4-7-12-26)19-20-32(39)27-13-8-5-9-14-27/h3-9,11-23H,1,10,24H2,2H3,(H,38,42)(H,40,41)/b37-23-. The summed E-state index contributed by atoms with van der Waals surface area (Å²) in [4.78, 5) is 24.0. The zero-order chi connectivity index (χ0) is 30.9. The maximum absolute atomic E-state index is 13.0. The van der Waals surface area contributed by atoms with E-state index in [9.17, 15) is 9.59 Å². The number of nitrogens with one attached hydrogen (secondary N) is 1. The van der Waals surface area contributed by atoms with Crippen LogP contribution in [0.1, 0.15) is 21.5 Å².